The summed E-state index contributed by atoms with van der Waals surface area (Å²) in [7, 11) is 4.01. The minimum absolute atomic E-state index is 0.0916. The van der Waals surface area contributed by atoms with E-state index in [1.165, 1.54) is 6.42 Å². The molecule has 100 valence electrons. The van der Waals surface area contributed by atoms with Gasteiger partial charge in [-0.1, -0.05) is 20.3 Å². The number of likely N-dealkylation sites (N-methyl/N-ethyl adjacent to an activating group) is 1. The van der Waals surface area contributed by atoms with Gasteiger partial charge in [-0.05, 0) is 31.8 Å². The van der Waals surface area contributed by atoms with Crippen LogP contribution in [-0.4, -0.2) is 55.5 Å². The van der Waals surface area contributed by atoms with E-state index in [4.69, 9.17) is 5.73 Å². The summed E-state index contributed by atoms with van der Waals surface area (Å²) in [6.07, 6.45) is 2.14. The van der Waals surface area contributed by atoms with Crippen LogP contribution >= 0.6 is 0 Å². The summed E-state index contributed by atoms with van der Waals surface area (Å²) in [4.78, 5) is 16.2. The van der Waals surface area contributed by atoms with Crippen molar-refractivity contribution in [2.75, 3.05) is 33.7 Å². The summed E-state index contributed by atoms with van der Waals surface area (Å²) < 4.78 is 0. The molecule has 2 N–H and O–H groups in total. The highest BCUT2D eigenvalue weighted by Gasteiger charge is 2.26. The van der Waals surface area contributed by atoms with E-state index in [0.29, 0.717) is 5.92 Å². The van der Waals surface area contributed by atoms with E-state index >= 15 is 0 Å². The molecule has 1 fully saturated rings. The van der Waals surface area contributed by atoms with Crippen molar-refractivity contribution in [1.29, 1.82) is 0 Å². The zero-order valence-corrected chi connectivity index (χ0v) is 11.6. The summed E-state index contributed by atoms with van der Waals surface area (Å²) in [5.41, 5.74) is 5.97. The van der Waals surface area contributed by atoms with Gasteiger partial charge >= 0.3 is 0 Å². The van der Waals surface area contributed by atoms with E-state index < -0.39 is 0 Å². The average Bonchev–Trinajstić information content (AvgIpc) is 2.71. The van der Waals surface area contributed by atoms with Crippen molar-refractivity contribution in [2.45, 2.75) is 32.7 Å². The van der Waals surface area contributed by atoms with E-state index in [2.05, 4.69) is 18.9 Å². The largest absolute Gasteiger partial charge is 0.344 e. The molecule has 0 aromatic rings. The molecule has 1 aliphatic rings. The average molecular weight is 241 g/mol. The standard InChI is InChI=1S/C13H27N3O/c1-5-10(2)12(14)13(17)16(4)9-11-6-7-15(3)8-11/h10-12H,5-9,14H2,1-4H3/t10?,11?,12-/m0/s1. The van der Waals surface area contributed by atoms with Crippen LogP contribution in [0.4, 0.5) is 0 Å². The molecule has 0 bridgehead atoms. The van der Waals surface area contributed by atoms with Crippen molar-refractivity contribution < 1.29 is 4.79 Å². The number of nitrogens with two attached hydrogens (primary N) is 1. The van der Waals surface area contributed by atoms with E-state index in [-0.39, 0.29) is 17.9 Å². The molecule has 17 heavy (non-hydrogen) atoms. The molecule has 0 aliphatic carbocycles. The Morgan fingerprint density at radius 1 is 1.59 bits per heavy atom. The summed E-state index contributed by atoms with van der Waals surface area (Å²) in [6, 6.07) is -0.343. The number of likely N-dealkylation sites (tertiary alicyclic amines) is 1. The number of amides is 1. The number of rotatable bonds is 5. The van der Waals surface area contributed by atoms with Crippen molar-refractivity contribution in [1.82, 2.24) is 9.80 Å². The van der Waals surface area contributed by atoms with Gasteiger partial charge in [0.25, 0.3) is 0 Å². The zero-order valence-electron chi connectivity index (χ0n) is 11.6. The minimum Gasteiger partial charge on any atom is -0.344 e. The van der Waals surface area contributed by atoms with Gasteiger partial charge in [0.1, 0.15) is 0 Å². The maximum absolute atomic E-state index is 12.1. The normalized spacial score (nSPS) is 24.6. The van der Waals surface area contributed by atoms with Crippen LogP contribution in [-0.2, 0) is 4.79 Å². The first-order valence-electron chi connectivity index (χ1n) is 6.64. The van der Waals surface area contributed by atoms with Gasteiger partial charge in [0.05, 0.1) is 6.04 Å². The van der Waals surface area contributed by atoms with Crippen molar-refractivity contribution in [3.05, 3.63) is 0 Å². The van der Waals surface area contributed by atoms with Gasteiger partial charge in [-0.15, -0.1) is 0 Å². The Morgan fingerprint density at radius 3 is 2.71 bits per heavy atom. The lowest BCUT2D eigenvalue weighted by Crippen LogP contribution is -2.47. The van der Waals surface area contributed by atoms with Crippen molar-refractivity contribution in [3.63, 3.8) is 0 Å². The van der Waals surface area contributed by atoms with E-state index in [1.807, 2.05) is 18.9 Å². The molecule has 1 amide bonds. The third kappa shape index (κ3) is 3.96. The van der Waals surface area contributed by atoms with Gasteiger partial charge in [0.15, 0.2) is 0 Å². The summed E-state index contributed by atoms with van der Waals surface area (Å²) >= 11 is 0. The molecule has 1 rings (SSSR count). The van der Waals surface area contributed by atoms with E-state index in [1.54, 1.807) is 0 Å². The smallest absolute Gasteiger partial charge is 0.239 e. The first-order valence-corrected chi connectivity index (χ1v) is 6.64. The predicted molar refractivity (Wildman–Crippen MR) is 70.7 cm³/mol. The zero-order chi connectivity index (χ0) is 13.0. The number of carbonyl (C=O) groups excluding carboxylic acids is 1. The van der Waals surface area contributed by atoms with Crippen molar-refractivity contribution in [3.8, 4) is 0 Å². The molecule has 0 radical (unpaired) electrons. The van der Waals surface area contributed by atoms with Crippen LogP contribution in [0.3, 0.4) is 0 Å². The Balaban J connectivity index is 2.41. The van der Waals surface area contributed by atoms with Crippen LogP contribution < -0.4 is 5.73 Å². The molecule has 0 aromatic heterocycles. The van der Waals surface area contributed by atoms with Crippen molar-refractivity contribution in [2.24, 2.45) is 17.6 Å². The molecule has 2 unspecified atom stereocenters. The van der Waals surface area contributed by atoms with Crippen LogP contribution in [0, 0.1) is 11.8 Å². The molecule has 0 aromatic carbocycles. The Hall–Kier alpha value is -0.610. The number of hydrogen-bond acceptors (Lipinski definition) is 3. The first kappa shape index (κ1) is 14.5. The maximum atomic E-state index is 12.1. The van der Waals surface area contributed by atoms with Gasteiger partial charge in [0.2, 0.25) is 5.91 Å². The van der Waals surface area contributed by atoms with Gasteiger partial charge < -0.3 is 15.5 Å². The molecule has 0 spiro atoms. The Kier molecular flexibility index (Phi) is 5.40. The quantitative estimate of drug-likeness (QED) is 0.773. The van der Waals surface area contributed by atoms with Crippen LogP contribution in [0.25, 0.3) is 0 Å². The SMILES string of the molecule is CCC(C)[C@H](N)C(=O)N(C)CC1CCN(C)C1. The Morgan fingerprint density at radius 2 is 2.24 bits per heavy atom. The highest BCUT2D eigenvalue weighted by Crippen LogP contribution is 2.16. The molecule has 3 atom stereocenters. The predicted octanol–water partition coefficient (Wildman–Crippen LogP) is 0.770. The van der Waals surface area contributed by atoms with E-state index in [0.717, 1.165) is 26.1 Å². The molecular formula is C13H27N3O. The van der Waals surface area contributed by atoms with Gasteiger partial charge in [-0.25, -0.2) is 0 Å². The number of carbonyl (C=O) groups is 1. The van der Waals surface area contributed by atoms with Gasteiger partial charge in [-0.3, -0.25) is 4.79 Å². The summed E-state index contributed by atoms with van der Waals surface area (Å²) in [6.45, 7) is 7.19. The lowest BCUT2D eigenvalue weighted by Gasteiger charge is -2.26. The minimum atomic E-state index is -0.343. The van der Waals surface area contributed by atoms with Crippen LogP contribution in [0.15, 0.2) is 0 Å². The lowest BCUT2D eigenvalue weighted by molar-refractivity contribution is -0.132. The van der Waals surface area contributed by atoms with Crippen LogP contribution in [0.5, 0.6) is 0 Å². The van der Waals surface area contributed by atoms with Crippen LogP contribution in [0.1, 0.15) is 26.7 Å². The highest BCUT2D eigenvalue weighted by molar-refractivity contribution is 5.81. The fraction of sp³-hybridized carbons (Fsp3) is 0.923. The van der Waals surface area contributed by atoms with Gasteiger partial charge in [-0.2, -0.15) is 0 Å². The summed E-state index contributed by atoms with van der Waals surface area (Å²) in [5.74, 6) is 0.961. The van der Waals surface area contributed by atoms with E-state index in [9.17, 15) is 4.79 Å². The third-order valence-electron chi connectivity index (χ3n) is 3.94. The maximum Gasteiger partial charge on any atom is 0.239 e. The molecule has 4 heteroatoms. The molecule has 1 saturated heterocycles. The second-order valence-corrected chi connectivity index (χ2v) is 5.55. The fourth-order valence-electron chi connectivity index (χ4n) is 2.40. The van der Waals surface area contributed by atoms with Crippen LogP contribution in [0.2, 0.25) is 0 Å². The highest BCUT2D eigenvalue weighted by atomic mass is 16.2. The monoisotopic (exact) mass is 241 g/mol. The number of nitrogens with zero attached hydrogens (tertiary/aromatic N) is 2. The fourth-order valence-corrected chi connectivity index (χ4v) is 2.40. The number of hydrogen-bond donors (Lipinski definition) is 1. The second-order valence-electron chi connectivity index (χ2n) is 5.55. The molecule has 1 heterocycles. The topological polar surface area (TPSA) is 49.6 Å². The first-order chi connectivity index (χ1) is 7.95. The molecule has 4 nitrogen and oxygen atoms in total. The Labute approximate surface area is 105 Å². The molecular weight excluding hydrogens is 214 g/mol. The summed E-state index contributed by atoms with van der Waals surface area (Å²) in [5, 5.41) is 0. The second kappa shape index (κ2) is 6.36. The lowest BCUT2D eigenvalue weighted by atomic mass is 9.98. The van der Waals surface area contributed by atoms with Crippen molar-refractivity contribution >= 4 is 5.91 Å². The van der Waals surface area contributed by atoms with Gasteiger partial charge in [0, 0.05) is 20.1 Å². The molecule has 0 saturated carbocycles. The Bertz CT molecular complexity index is 257. The molecule has 1 aliphatic heterocycles. The third-order valence-corrected chi connectivity index (χ3v) is 3.94.